The highest BCUT2D eigenvalue weighted by molar-refractivity contribution is 5.69. The van der Waals surface area contributed by atoms with Crippen molar-refractivity contribution < 1.29 is 14.3 Å². The van der Waals surface area contributed by atoms with Gasteiger partial charge in [0.15, 0.2) is 0 Å². The Labute approximate surface area is 224 Å². The third kappa shape index (κ3) is 26.1. The van der Waals surface area contributed by atoms with Crippen molar-refractivity contribution in [2.24, 2.45) is 5.73 Å². The molecule has 0 spiro atoms. The maximum absolute atomic E-state index is 11.9. The number of carbonyl (C=O) groups is 2. The second-order valence-electron chi connectivity index (χ2n) is 10.8. The second kappa shape index (κ2) is 28.6. The number of hydrogen-bond donors (Lipinski definition) is 1. The van der Waals surface area contributed by atoms with E-state index in [1.807, 2.05) is 0 Å². The zero-order valence-electron chi connectivity index (χ0n) is 24.3. The zero-order valence-corrected chi connectivity index (χ0v) is 24.3. The molecular formula is C31H62N2O3. The first-order valence-electron chi connectivity index (χ1n) is 15.7. The van der Waals surface area contributed by atoms with Crippen molar-refractivity contribution in [1.29, 1.82) is 0 Å². The van der Waals surface area contributed by atoms with E-state index in [1.165, 1.54) is 103 Å². The van der Waals surface area contributed by atoms with Crippen LogP contribution in [0.2, 0.25) is 0 Å². The van der Waals surface area contributed by atoms with Crippen LogP contribution in [0, 0.1) is 0 Å². The van der Waals surface area contributed by atoms with Crippen LogP contribution >= 0.6 is 0 Å². The summed E-state index contributed by atoms with van der Waals surface area (Å²) >= 11 is 0. The van der Waals surface area contributed by atoms with Crippen LogP contribution < -0.4 is 5.73 Å². The third-order valence-corrected chi connectivity index (χ3v) is 7.13. The number of unbranched alkanes of at least 4 members (excludes halogenated alkanes) is 16. The quantitative estimate of drug-likeness (QED) is 0.0627. The van der Waals surface area contributed by atoms with Crippen LogP contribution in [0.4, 0.5) is 0 Å². The maximum atomic E-state index is 11.9. The van der Waals surface area contributed by atoms with Gasteiger partial charge in [-0.3, -0.25) is 4.79 Å². The minimum absolute atomic E-state index is 0.0135. The highest BCUT2D eigenvalue weighted by Gasteiger charge is 2.07. The average Bonchev–Trinajstić information content (AvgIpc) is 2.88. The molecule has 5 nitrogen and oxygen atoms in total. The Morgan fingerprint density at radius 2 is 1.11 bits per heavy atom. The number of ether oxygens (including phenoxy) is 1. The second-order valence-corrected chi connectivity index (χ2v) is 10.8. The molecule has 0 radical (unpaired) electrons. The Morgan fingerprint density at radius 3 is 1.64 bits per heavy atom. The van der Waals surface area contributed by atoms with E-state index in [1.54, 1.807) is 0 Å². The van der Waals surface area contributed by atoms with Gasteiger partial charge in [-0.1, -0.05) is 110 Å². The number of nitrogens with two attached hydrogens (primary N) is 1. The average molecular weight is 511 g/mol. The summed E-state index contributed by atoms with van der Waals surface area (Å²) in [5.41, 5.74) is 5.73. The standard InChI is InChI=1S/C31H62N2O3/c1-3-5-7-9-11-16-22-28-36-31(35)24-17-13-12-15-20-26-33(25-19-14-10-8-6-4-2)27-21-18-23-30(32)29-34/h29-30H,3-28,32H2,1-2H3. The van der Waals surface area contributed by atoms with Crippen LogP contribution in [-0.4, -0.2) is 49.4 Å². The van der Waals surface area contributed by atoms with Gasteiger partial charge < -0.3 is 20.2 Å². The Morgan fingerprint density at radius 1 is 0.667 bits per heavy atom. The lowest BCUT2D eigenvalue weighted by molar-refractivity contribution is -0.143. The molecule has 0 amide bonds. The van der Waals surface area contributed by atoms with Gasteiger partial charge in [0.1, 0.15) is 6.29 Å². The molecular weight excluding hydrogens is 448 g/mol. The summed E-state index contributed by atoms with van der Waals surface area (Å²) in [5, 5.41) is 0. The van der Waals surface area contributed by atoms with Crippen LogP contribution in [0.25, 0.3) is 0 Å². The van der Waals surface area contributed by atoms with E-state index in [9.17, 15) is 9.59 Å². The van der Waals surface area contributed by atoms with Crippen LogP contribution in [0.15, 0.2) is 0 Å². The SMILES string of the molecule is CCCCCCCCCOC(=O)CCCCCCCN(CCCCCCCC)CCCCC(N)C=O. The fourth-order valence-electron chi connectivity index (χ4n) is 4.69. The van der Waals surface area contributed by atoms with E-state index in [-0.39, 0.29) is 12.0 Å². The molecule has 0 aromatic carbocycles. The maximum Gasteiger partial charge on any atom is 0.305 e. The van der Waals surface area contributed by atoms with Crippen molar-refractivity contribution in [3.05, 3.63) is 0 Å². The van der Waals surface area contributed by atoms with Gasteiger partial charge in [0.2, 0.25) is 0 Å². The predicted octanol–water partition coefficient (Wildman–Crippen LogP) is 7.98. The highest BCUT2D eigenvalue weighted by atomic mass is 16.5. The molecule has 0 fully saturated rings. The molecule has 0 saturated heterocycles. The Bertz CT molecular complexity index is 473. The van der Waals surface area contributed by atoms with Crippen LogP contribution in [0.5, 0.6) is 0 Å². The molecule has 0 aromatic heterocycles. The lowest BCUT2D eigenvalue weighted by Gasteiger charge is -2.22. The summed E-state index contributed by atoms with van der Waals surface area (Å²) in [7, 11) is 0. The topological polar surface area (TPSA) is 72.6 Å². The first-order valence-corrected chi connectivity index (χ1v) is 15.7. The summed E-state index contributed by atoms with van der Waals surface area (Å²) in [6, 6.07) is -0.297. The highest BCUT2D eigenvalue weighted by Crippen LogP contribution is 2.11. The van der Waals surface area contributed by atoms with E-state index in [2.05, 4.69) is 18.7 Å². The van der Waals surface area contributed by atoms with Crippen molar-refractivity contribution >= 4 is 12.3 Å². The lowest BCUT2D eigenvalue weighted by atomic mass is 10.1. The van der Waals surface area contributed by atoms with E-state index in [0.29, 0.717) is 13.0 Å². The van der Waals surface area contributed by atoms with Gasteiger partial charge in [-0.2, -0.15) is 0 Å². The Hall–Kier alpha value is -0.940. The van der Waals surface area contributed by atoms with Crippen molar-refractivity contribution in [3.8, 4) is 0 Å². The van der Waals surface area contributed by atoms with Gasteiger partial charge in [-0.15, -0.1) is 0 Å². The smallest absolute Gasteiger partial charge is 0.305 e. The molecule has 0 saturated carbocycles. The van der Waals surface area contributed by atoms with Crippen LogP contribution in [-0.2, 0) is 14.3 Å². The molecule has 0 aliphatic carbocycles. The van der Waals surface area contributed by atoms with Gasteiger partial charge in [-0.05, 0) is 58.2 Å². The first kappa shape index (κ1) is 35.1. The minimum atomic E-state index is -0.297. The van der Waals surface area contributed by atoms with Gasteiger partial charge in [0.05, 0.1) is 12.6 Å². The summed E-state index contributed by atoms with van der Waals surface area (Å²) in [6.07, 6.45) is 26.9. The Balaban J connectivity index is 3.80. The first-order chi connectivity index (χ1) is 17.6. The Kier molecular flexibility index (Phi) is 27.9. The summed E-state index contributed by atoms with van der Waals surface area (Å²) in [6.45, 7) is 8.58. The fourth-order valence-corrected chi connectivity index (χ4v) is 4.69. The molecule has 0 rings (SSSR count). The predicted molar refractivity (Wildman–Crippen MR) is 154 cm³/mol. The number of hydrogen-bond acceptors (Lipinski definition) is 5. The van der Waals surface area contributed by atoms with Crippen molar-refractivity contribution in [1.82, 2.24) is 4.90 Å². The minimum Gasteiger partial charge on any atom is -0.466 e. The summed E-state index contributed by atoms with van der Waals surface area (Å²) < 4.78 is 5.39. The number of nitrogens with zero attached hydrogens (tertiary/aromatic N) is 1. The van der Waals surface area contributed by atoms with Gasteiger partial charge in [0, 0.05) is 6.42 Å². The van der Waals surface area contributed by atoms with Crippen molar-refractivity contribution in [2.75, 3.05) is 26.2 Å². The number of aldehydes is 1. The van der Waals surface area contributed by atoms with E-state index < -0.39 is 0 Å². The number of carbonyl (C=O) groups excluding carboxylic acids is 2. The molecule has 36 heavy (non-hydrogen) atoms. The molecule has 0 aromatic rings. The van der Waals surface area contributed by atoms with Crippen LogP contribution in [0.1, 0.15) is 155 Å². The molecule has 0 aliphatic heterocycles. The third-order valence-electron chi connectivity index (χ3n) is 7.13. The largest absolute Gasteiger partial charge is 0.466 e. The number of rotatable bonds is 29. The molecule has 1 atom stereocenters. The molecule has 0 bridgehead atoms. The molecule has 5 heteroatoms. The normalized spacial score (nSPS) is 12.2. The molecule has 2 N–H and O–H groups in total. The molecule has 214 valence electrons. The van der Waals surface area contributed by atoms with E-state index in [0.717, 1.165) is 57.9 Å². The van der Waals surface area contributed by atoms with Gasteiger partial charge >= 0.3 is 5.97 Å². The monoisotopic (exact) mass is 510 g/mol. The molecule has 0 heterocycles. The van der Waals surface area contributed by atoms with Gasteiger partial charge in [-0.25, -0.2) is 0 Å². The van der Waals surface area contributed by atoms with Crippen molar-refractivity contribution in [3.63, 3.8) is 0 Å². The van der Waals surface area contributed by atoms with Gasteiger partial charge in [0.25, 0.3) is 0 Å². The lowest BCUT2D eigenvalue weighted by Crippen LogP contribution is -2.28. The van der Waals surface area contributed by atoms with E-state index in [4.69, 9.17) is 10.5 Å². The summed E-state index contributed by atoms with van der Waals surface area (Å²) in [4.78, 5) is 25.2. The number of esters is 1. The zero-order chi connectivity index (χ0) is 26.5. The molecule has 0 aliphatic rings. The fraction of sp³-hybridized carbons (Fsp3) is 0.935. The van der Waals surface area contributed by atoms with E-state index >= 15 is 0 Å². The molecule has 1 unspecified atom stereocenters. The van der Waals surface area contributed by atoms with Crippen LogP contribution in [0.3, 0.4) is 0 Å². The summed E-state index contributed by atoms with van der Waals surface area (Å²) in [5.74, 6) is -0.0135. The van der Waals surface area contributed by atoms with Crippen molar-refractivity contribution in [2.45, 2.75) is 161 Å².